The van der Waals surface area contributed by atoms with E-state index in [1.807, 2.05) is 33.0 Å². The van der Waals surface area contributed by atoms with E-state index in [0.29, 0.717) is 5.56 Å². The lowest BCUT2D eigenvalue weighted by Crippen LogP contribution is -2.09. The molecule has 1 aromatic heterocycles. The Balaban J connectivity index is 2.45. The maximum atomic E-state index is 12.0. The number of carbonyl (C=O) groups excluding carboxylic acids is 2. The highest BCUT2D eigenvalue weighted by Gasteiger charge is 2.15. The quantitative estimate of drug-likeness (QED) is 0.483. The van der Waals surface area contributed by atoms with Gasteiger partial charge < -0.3 is 9.30 Å². The van der Waals surface area contributed by atoms with Gasteiger partial charge in [-0.25, -0.2) is 0 Å². The topological polar surface area (TPSA) is 48.3 Å². The number of benzene rings is 1. The van der Waals surface area contributed by atoms with Gasteiger partial charge in [0.2, 0.25) is 0 Å². The molecule has 1 aromatic carbocycles. The highest BCUT2D eigenvalue weighted by Crippen LogP contribution is 2.25. The first kappa shape index (κ1) is 13.3. The van der Waals surface area contributed by atoms with Gasteiger partial charge in [0, 0.05) is 29.2 Å². The zero-order valence-electron chi connectivity index (χ0n) is 11.6. The number of nitrogens with zero attached hydrogens (tertiary/aromatic N) is 1. The van der Waals surface area contributed by atoms with Crippen molar-refractivity contribution in [2.75, 3.05) is 7.11 Å². The number of aromatic nitrogens is 1. The molecule has 100 valence electrons. The fourth-order valence-electron chi connectivity index (χ4n) is 2.23. The molecular weight excluding hydrogens is 242 g/mol. The number of ketones is 1. The van der Waals surface area contributed by atoms with Crippen LogP contribution in [0.1, 0.15) is 28.0 Å². The second kappa shape index (κ2) is 4.88. The van der Waals surface area contributed by atoms with Crippen molar-refractivity contribution < 1.29 is 14.3 Å². The first-order valence-electron chi connectivity index (χ1n) is 6.11. The molecule has 0 aliphatic rings. The number of esters is 1. The number of hydrogen-bond acceptors (Lipinski definition) is 3. The second-order valence-electron chi connectivity index (χ2n) is 4.68. The third-order valence-corrected chi connectivity index (χ3v) is 3.66. The Morgan fingerprint density at radius 2 is 1.95 bits per heavy atom. The number of Topliss-reactive ketones (excluding diaryl/α,β-unsaturated/α-hetero) is 1. The summed E-state index contributed by atoms with van der Waals surface area (Å²) in [4.78, 5) is 23.1. The Hall–Kier alpha value is -2.10. The molecule has 0 fully saturated rings. The molecule has 0 unspecified atom stereocenters. The molecule has 2 aromatic rings. The lowest BCUT2D eigenvalue weighted by molar-refractivity contribution is -0.139. The monoisotopic (exact) mass is 259 g/mol. The molecule has 0 aliphatic carbocycles. The van der Waals surface area contributed by atoms with Crippen molar-refractivity contribution in [3.8, 4) is 0 Å². The van der Waals surface area contributed by atoms with Crippen LogP contribution in [0.2, 0.25) is 0 Å². The van der Waals surface area contributed by atoms with E-state index in [0.717, 1.165) is 16.5 Å². The smallest absolute Gasteiger partial charge is 0.313 e. The summed E-state index contributed by atoms with van der Waals surface area (Å²) < 4.78 is 6.61. The van der Waals surface area contributed by atoms with Crippen molar-refractivity contribution in [2.24, 2.45) is 7.05 Å². The summed E-state index contributed by atoms with van der Waals surface area (Å²) in [5.74, 6) is -0.722. The van der Waals surface area contributed by atoms with Crippen LogP contribution in [0.5, 0.6) is 0 Å². The van der Waals surface area contributed by atoms with Crippen LogP contribution in [-0.2, 0) is 16.6 Å². The van der Waals surface area contributed by atoms with Crippen molar-refractivity contribution in [2.45, 2.75) is 20.3 Å². The molecule has 19 heavy (non-hydrogen) atoms. The highest BCUT2D eigenvalue weighted by atomic mass is 16.5. The minimum atomic E-state index is -0.508. The van der Waals surface area contributed by atoms with Crippen molar-refractivity contribution in [1.29, 1.82) is 0 Å². The van der Waals surface area contributed by atoms with E-state index < -0.39 is 5.97 Å². The molecule has 0 bridgehead atoms. The van der Waals surface area contributed by atoms with Crippen LogP contribution in [0, 0.1) is 13.8 Å². The van der Waals surface area contributed by atoms with Crippen LogP contribution >= 0.6 is 0 Å². The summed E-state index contributed by atoms with van der Waals surface area (Å²) in [6, 6.07) is 5.52. The van der Waals surface area contributed by atoms with Crippen molar-refractivity contribution in [3.05, 3.63) is 35.0 Å². The molecule has 1 heterocycles. The minimum absolute atomic E-state index is 0.213. The Bertz CT molecular complexity index is 668. The fraction of sp³-hybridized carbons (Fsp3) is 0.333. The Morgan fingerprint density at radius 3 is 2.58 bits per heavy atom. The molecular formula is C15H17NO3. The number of rotatable bonds is 3. The minimum Gasteiger partial charge on any atom is -0.469 e. The van der Waals surface area contributed by atoms with E-state index in [-0.39, 0.29) is 12.2 Å². The van der Waals surface area contributed by atoms with Gasteiger partial charge in [-0.15, -0.1) is 0 Å². The van der Waals surface area contributed by atoms with Crippen molar-refractivity contribution >= 4 is 22.7 Å². The number of fused-ring (bicyclic) bond motifs is 1. The Kier molecular flexibility index (Phi) is 3.42. The largest absolute Gasteiger partial charge is 0.469 e. The Labute approximate surface area is 112 Å². The normalized spacial score (nSPS) is 10.7. The summed E-state index contributed by atoms with van der Waals surface area (Å²) in [7, 11) is 3.28. The van der Waals surface area contributed by atoms with Gasteiger partial charge in [0.15, 0.2) is 5.78 Å². The molecule has 0 N–H and O–H groups in total. The molecule has 0 radical (unpaired) electrons. The predicted octanol–water partition coefficient (Wildman–Crippen LogP) is 2.54. The maximum absolute atomic E-state index is 12.0. The zero-order chi connectivity index (χ0) is 14.2. The van der Waals surface area contributed by atoms with Gasteiger partial charge in [0.25, 0.3) is 0 Å². The summed E-state index contributed by atoms with van der Waals surface area (Å²) >= 11 is 0. The molecule has 0 saturated carbocycles. The van der Waals surface area contributed by atoms with Crippen LogP contribution in [-0.4, -0.2) is 23.4 Å². The van der Waals surface area contributed by atoms with Gasteiger partial charge in [0.1, 0.15) is 6.42 Å². The SMILES string of the molecule is COC(=O)CC(=O)c1ccc2c(c1)c(C)c(C)n2C. The second-order valence-corrected chi connectivity index (χ2v) is 4.68. The fourth-order valence-corrected chi connectivity index (χ4v) is 2.23. The van der Waals surface area contributed by atoms with E-state index in [2.05, 4.69) is 9.30 Å². The molecule has 2 rings (SSSR count). The number of methoxy groups -OCH3 is 1. The third kappa shape index (κ3) is 2.26. The van der Waals surface area contributed by atoms with Crippen LogP contribution in [0.3, 0.4) is 0 Å². The van der Waals surface area contributed by atoms with Gasteiger partial charge in [-0.2, -0.15) is 0 Å². The van der Waals surface area contributed by atoms with E-state index in [9.17, 15) is 9.59 Å². The number of carbonyl (C=O) groups is 2. The average Bonchev–Trinajstić information content (AvgIpc) is 2.63. The summed E-state index contributed by atoms with van der Waals surface area (Å²) in [6.07, 6.45) is -0.215. The number of aryl methyl sites for hydroxylation is 2. The van der Waals surface area contributed by atoms with Crippen LogP contribution in [0.25, 0.3) is 10.9 Å². The van der Waals surface area contributed by atoms with Gasteiger partial charge in [-0.05, 0) is 37.6 Å². The first-order chi connectivity index (χ1) is 8.95. The van der Waals surface area contributed by atoms with Gasteiger partial charge in [-0.1, -0.05) is 0 Å². The summed E-state index contributed by atoms with van der Waals surface area (Å²) in [5.41, 5.74) is 3.97. The van der Waals surface area contributed by atoms with E-state index in [4.69, 9.17) is 0 Å². The lowest BCUT2D eigenvalue weighted by atomic mass is 10.0. The summed E-state index contributed by atoms with van der Waals surface area (Å²) in [5, 5.41) is 1.05. The van der Waals surface area contributed by atoms with Gasteiger partial charge >= 0.3 is 5.97 Å². The summed E-state index contributed by atoms with van der Waals surface area (Å²) in [6.45, 7) is 4.08. The van der Waals surface area contributed by atoms with E-state index in [1.165, 1.54) is 12.8 Å². The zero-order valence-corrected chi connectivity index (χ0v) is 11.6. The predicted molar refractivity (Wildman–Crippen MR) is 73.4 cm³/mol. The molecule has 4 heteroatoms. The van der Waals surface area contributed by atoms with Gasteiger partial charge in [0.05, 0.1) is 7.11 Å². The molecule has 0 saturated heterocycles. The standard InChI is InChI=1S/C15H17NO3/c1-9-10(2)16(3)13-6-5-11(7-12(9)13)14(17)8-15(18)19-4/h5-7H,8H2,1-4H3. The molecule has 0 spiro atoms. The highest BCUT2D eigenvalue weighted by molar-refractivity contribution is 6.07. The van der Waals surface area contributed by atoms with Crippen LogP contribution in [0.15, 0.2) is 18.2 Å². The molecule has 0 aliphatic heterocycles. The maximum Gasteiger partial charge on any atom is 0.313 e. The van der Waals surface area contributed by atoms with Crippen molar-refractivity contribution in [3.63, 3.8) is 0 Å². The van der Waals surface area contributed by atoms with Crippen molar-refractivity contribution in [1.82, 2.24) is 4.57 Å². The average molecular weight is 259 g/mol. The Morgan fingerprint density at radius 1 is 1.26 bits per heavy atom. The van der Waals surface area contributed by atoms with Crippen LogP contribution < -0.4 is 0 Å². The number of ether oxygens (including phenoxy) is 1. The molecule has 0 atom stereocenters. The first-order valence-corrected chi connectivity index (χ1v) is 6.11. The van der Waals surface area contributed by atoms with Crippen LogP contribution in [0.4, 0.5) is 0 Å². The third-order valence-electron chi connectivity index (χ3n) is 3.66. The molecule has 0 amide bonds. The van der Waals surface area contributed by atoms with E-state index in [1.54, 1.807) is 6.07 Å². The lowest BCUT2D eigenvalue weighted by Gasteiger charge is -2.02. The number of hydrogen-bond donors (Lipinski definition) is 0. The van der Waals surface area contributed by atoms with Gasteiger partial charge in [-0.3, -0.25) is 9.59 Å². The van der Waals surface area contributed by atoms with E-state index >= 15 is 0 Å². The molecule has 4 nitrogen and oxygen atoms in total.